The van der Waals surface area contributed by atoms with Gasteiger partial charge in [-0.2, -0.15) is 5.26 Å². The molecule has 0 aliphatic heterocycles. The zero-order chi connectivity index (χ0) is 10.4. The molecule has 0 bridgehead atoms. The molecule has 0 saturated carbocycles. The summed E-state index contributed by atoms with van der Waals surface area (Å²) in [5.74, 6) is 5.28. The fraction of sp³-hybridized carbons (Fsp3) is 0.0833. The van der Waals surface area contributed by atoms with Crippen molar-refractivity contribution in [3.63, 3.8) is 0 Å². The van der Waals surface area contributed by atoms with E-state index in [-0.39, 0.29) is 5.57 Å². The molecule has 0 aliphatic carbocycles. The van der Waals surface area contributed by atoms with Crippen LogP contribution in [0.2, 0.25) is 0 Å². The van der Waals surface area contributed by atoms with Crippen molar-refractivity contribution in [2.24, 2.45) is 0 Å². The number of hydrogen-bond donors (Lipinski definition) is 1. The Labute approximate surface area is 83.1 Å². The zero-order valence-electron chi connectivity index (χ0n) is 7.57. The molecule has 0 radical (unpaired) electrons. The van der Waals surface area contributed by atoms with Gasteiger partial charge in [-0.05, 0) is 12.1 Å². The predicted octanol–water partition coefficient (Wildman–Crippen LogP) is 1.48. The van der Waals surface area contributed by atoms with E-state index in [1.807, 2.05) is 30.3 Å². The van der Waals surface area contributed by atoms with Gasteiger partial charge in [0.1, 0.15) is 6.10 Å². The SMILES string of the molecule is C=C(C#N)C(O)C#Cc1ccccc1. The number of rotatable bonds is 1. The van der Waals surface area contributed by atoms with Gasteiger partial charge in [0.05, 0.1) is 11.6 Å². The van der Waals surface area contributed by atoms with Crippen molar-refractivity contribution in [1.82, 2.24) is 0 Å². The zero-order valence-corrected chi connectivity index (χ0v) is 7.57. The summed E-state index contributed by atoms with van der Waals surface area (Å²) in [4.78, 5) is 0. The molecule has 0 aromatic heterocycles. The van der Waals surface area contributed by atoms with Crippen LogP contribution in [-0.2, 0) is 0 Å². The lowest BCUT2D eigenvalue weighted by molar-refractivity contribution is 0.273. The molecule has 1 atom stereocenters. The van der Waals surface area contributed by atoms with Crippen molar-refractivity contribution in [2.75, 3.05) is 0 Å². The molecule has 14 heavy (non-hydrogen) atoms. The fourth-order valence-corrected chi connectivity index (χ4v) is 0.821. The van der Waals surface area contributed by atoms with E-state index in [1.165, 1.54) is 0 Å². The van der Waals surface area contributed by atoms with E-state index < -0.39 is 6.10 Å². The van der Waals surface area contributed by atoms with Crippen molar-refractivity contribution >= 4 is 0 Å². The topological polar surface area (TPSA) is 44.0 Å². The van der Waals surface area contributed by atoms with Gasteiger partial charge in [-0.15, -0.1) is 0 Å². The molecule has 0 spiro atoms. The van der Waals surface area contributed by atoms with Gasteiger partial charge in [-0.1, -0.05) is 36.6 Å². The molecule has 1 aromatic rings. The Balaban J connectivity index is 2.75. The lowest BCUT2D eigenvalue weighted by Crippen LogP contribution is -2.04. The summed E-state index contributed by atoms with van der Waals surface area (Å²) < 4.78 is 0. The first kappa shape index (κ1) is 10.1. The van der Waals surface area contributed by atoms with Gasteiger partial charge in [0.15, 0.2) is 0 Å². The van der Waals surface area contributed by atoms with E-state index >= 15 is 0 Å². The maximum Gasteiger partial charge on any atom is 0.149 e. The normalized spacial score (nSPS) is 10.6. The molecule has 1 aromatic carbocycles. The maximum absolute atomic E-state index is 9.28. The Hall–Kier alpha value is -2.03. The summed E-state index contributed by atoms with van der Waals surface area (Å²) in [7, 11) is 0. The second kappa shape index (κ2) is 4.87. The highest BCUT2D eigenvalue weighted by molar-refractivity contribution is 5.38. The van der Waals surface area contributed by atoms with Crippen molar-refractivity contribution in [3.05, 3.63) is 48.0 Å². The van der Waals surface area contributed by atoms with Crippen molar-refractivity contribution in [2.45, 2.75) is 6.10 Å². The Bertz CT molecular complexity index is 417. The molecule has 0 amide bonds. The summed E-state index contributed by atoms with van der Waals surface area (Å²) in [5, 5.41) is 17.7. The van der Waals surface area contributed by atoms with E-state index in [2.05, 4.69) is 18.4 Å². The Morgan fingerprint density at radius 2 is 2.00 bits per heavy atom. The number of aliphatic hydroxyl groups excluding tert-OH is 1. The summed E-state index contributed by atoms with van der Waals surface area (Å²) in [5.41, 5.74) is 0.866. The quantitative estimate of drug-likeness (QED) is 0.529. The summed E-state index contributed by atoms with van der Waals surface area (Å²) in [6.45, 7) is 3.37. The highest BCUT2D eigenvalue weighted by Crippen LogP contribution is 1.98. The Kier molecular flexibility index (Phi) is 3.49. The number of benzene rings is 1. The molecule has 0 saturated heterocycles. The van der Waals surface area contributed by atoms with Crippen LogP contribution in [0.4, 0.5) is 0 Å². The lowest BCUT2D eigenvalue weighted by atomic mass is 10.1. The van der Waals surface area contributed by atoms with Gasteiger partial charge in [-0.3, -0.25) is 0 Å². The van der Waals surface area contributed by atoms with E-state index in [4.69, 9.17) is 5.26 Å². The van der Waals surface area contributed by atoms with Gasteiger partial charge in [0, 0.05) is 5.56 Å². The minimum atomic E-state index is -1.07. The summed E-state index contributed by atoms with van der Waals surface area (Å²) in [6, 6.07) is 11.0. The standard InChI is InChI=1S/C12H9NO/c1-10(9-13)12(14)8-7-11-5-3-2-4-6-11/h2-6,12,14H,1H2. The minimum absolute atomic E-state index is 0.0634. The van der Waals surface area contributed by atoms with E-state index in [0.29, 0.717) is 0 Å². The Morgan fingerprint density at radius 3 is 2.57 bits per heavy atom. The molecular formula is C12H9NO. The van der Waals surface area contributed by atoms with Crippen LogP contribution in [0.25, 0.3) is 0 Å². The number of hydrogen-bond acceptors (Lipinski definition) is 2. The first-order chi connectivity index (χ1) is 6.74. The highest BCUT2D eigenvalue weighted by Gasteiger charge is 2.01. The third-order valence-electron chi connectivity index (χ3n) is 1.60. The molecule has 1 unspecified atom stereocenters. The Morgan fingerprint density at radius 1 is 1.36 bits per heavy atom. The first-order valence-corrected chi connectivity index (χ1v) is 4.07. The van der Waals surface area contributed by atoms with Crippen molar-refractivity contribution in [1.29, 1.82) is 5.26 Å². The smallest absolute Gasteiger partial charge is 0.149 e. The maximum atomic E-state index is 9.28. The summed E-state index contributed by atoms with van der Waals surface area (Å²) >= 11 is 0. The van der Waals surface area contributed by atoms with Gasteiger partial charge in [-0.25, -0.2) is 0 Å². The van der Waals surface area contributed by atoms with Gasteiger partial charge >= 0.3 is 0 Å². The van der Waals surface area contributed by atoms with Crippen LogP contribution in [-0.4, -0.2) is 11.2 Å². The largest absolute Gasteiger partial charge is 0.375 e. The molecule has 2 heteroatoms. The third kappa shape index (κ3) is 2.79. The van der Waals surface area contributed by atoms with E-state index in [1.54, 1.807) is 6.07 Å². The lowest BCUT2D eigenvalue weighted by Gasteiger charge is -1.96. The molecule has 68 valence electrons. The van der Waals surface area contributed by atoms with Crippen LogP contribution in [0.15, 0.2) is 42.5 Å². The van der Waals surface area contributed by atoms with E-state index in [9.17, 15) is 5.11 Å². The van der Waals surface area contributed by atoms with Gasteiger partial charge < -0.3 is 5.11 Å². The second-order valence-electron chi connectivity index (χ2n) is 2.67. The van der Waals surface area contributed by atoms with Crippen LogP contribution in [0.3, 0.4) is 0 Å². The molecule has 0 fully saturated rings. The van der Waals surface area contributed by atoms with Gasteiger partial charge in [0.2, 0.25) is 0 Å². The predicted molar refractivity (Wildman–Crippen MR) is 54.1 cm³/mol. The fourth-order valence-electron chi connectivity index (χ4n) is 0.821. The molecule has 2 nitrogen and oxygen atoms in total. The van der Waals surface area contributed by atoms with Crippen LogP contribution in [0.1, 0.15) is 5.56 Å². The minimum Gasteiger partial charge on any atom is -0.375 e. The van der Waals surface area contributed by atoms with Crippen molar-refractivity contribution in [3.8, 4) is 17.9 Å². The number of aliphatic hydroxyl groups is 1. The monoisotopic (exact) mass is 183 g/mol. The van der Waals surface area contributed by atoms with Gasteiger partial charge in [0.25, 0.3) is 0 Å². The number of nitriles is 1. The second-order valence-corrected chi connectivity index (χ2v) is 2.67. The molecule has 0 aliphatic rings. The van der Waals surface area contributed by atoms with Crippen LogP contribution < -0.4 is 0 Å². The molecule has 1 rings (SSSR count). The highest BCUT2D eigenvalue weighted by atomic mass is 16.3. The molecular weight excluding hydrogens is 174 g/mol. The average Bonchev–Trinajstić information content (AvgIpc) is 2.26. The average molecular weight is 183 g/mol. The van der Waals surface area contributed by atoms with Crippen molar-refractivity contribution < 1.29 is 5.11 Å². The van der Waals surface area contributed by atoms with Crippen LogP contribution in [0, 0.1) is 23.2 Å². The number of nitrogens with zero attached hydrogens (tertiary/aromatic N) is 1. The first-order valence-electron chi connectivity index (χ1n) is 4.07. The third-order valence-corrected chi connectivity index (χ3v) is 1.60. The molecule has 1 N–H and O–H groups in total. The van der Waals surface area contributed by atoms with E-state index in [0.717, 1.165) is 5.56 Å². The van der Waals surface area contributed by atoms with Crippen LogP contribution in [0.5, 0.6) is 0 Å². The van der Waals surface area contributed by atoms with Crippen LogP contribution >= 0.6 is 0 Å². The molecule has 0 heterocycles. The summed E-state index contributed by atoms with van der Waals surface area (Å²) in [6.07, 6.45) is -1.07.